The molecule has 0 unspecified atom stereocenters. The molecule has 1 aromatic carbocycles. The van der Waals surface area contributed by atoms with Crippen LogP contribution in [0, 0.1) is 0 Å². The highest BCUT2D eigenvalue weighted by Crippen LogP contribution is 2.30. The Kier molecular flexibility index (Phi) is 5.48. The summed E-state index contributed by atoms with van der Waals surface area (Å²) >= 11 is 0. The zero-order valence-electron chi connectivity index (χ0n) is 10.9. The topological polar surface area (TPSA) is 56.8 Å². The second-order valence-corrected chi connectivity index (χ2v) is 3.61. The summed E-state index contributed by atoms with van der Waals surface area (Å²) in [5, 5.41) is 2.16. The number of nitrogens with one attached hydrogen (secondary N) is 1. The number of alkyl halides is 3. The molecule has 20 heavy (non-hydrogen) atoms. The Hall–Kier alpha value is -2.12. The summed E-state index contributed by atoms with van der Waals surface area (Å²) in [5.74, 6) is 0.810. The molecule has 1 N–H and O–H groups in total. The van der Waals surface area contributed by atoms with Gasteiger partial charge in [-0.1, -0.05) is 0 Å². The molecular weight excluding hydrogens is 279 g/mol. The molecule has 0 aliphatic heterocycles. The second-order valence-electron chi connectivity index (χ2n) is 3.61. The highest BCUT2D eigenvalue weighted by molar-refractivity contribution is 5.85. The number of halogens is 3. The number of anilines is 1. The first-order valence-electron chi connectivity index (χ1n) is 5.67. The SMILES string of the molecule is CCOc1ccc(NC(=O)OCC(F)(F)F)cc1OC. The molecule has 0 atom stereocenters. The average Bonchev–Trinajstić information content (AvgIpc) is 2.37. The molecular formula is C12H14F3NO4. The van der Waals surface area contributed by atoms with Crippen LogP contribution in [0.2, 0.25) is 0 Å². The van der Waals surface area contributed by atoms with Crippen molar-refractivity contribution < 1.29 is 32.2 Å². The van der Waals surface area contributed by atoms with Gasteiger partial charge in [-0.3, -0.25) is 5.32 Å². The van der Waals surface area contributed by atoms with Gasteiger partial charge < -0.3 is 14.2 Å². The number of hydrogen-bond acceptors (Lipinski definition) is 4. The van der Waals surface area contributed by atoms with Gasteiger partial charge in [-0.05, 0) is 19.1 Å². The molecule has 0 fully saturated rings. The number of ether oxygens (including phenoxy) is 3. The van der Waals surface area contributed by atoms with Crippen LogP contribution in [0.1, 0.15) is 6.92 Å². The molecule has 0 saturated heterocycles. The van der Waals surface area contributed by atoms with Crippen LogP contribution in [-0.4, -0.2) is 32.6 Å². The number of hydrogen-bond donors (Lipinski definition) is 1. The molecule has 1 aromatic rings. The minimum atomic E-state index is -4.56. The van der Waals surface area contributed by atoms with Crippen molar-refractivity contribution in [3.63, 3.8) is 0 Å². The minimum Gasteiger partial charge on any atom is -0.493 e. The molecule has 5 nitrogen and oxygen atoms in total. The van der Waals surface area contributed by atoms with Crippen molar-refractivity contribution in [3.8, 4) is 11.5 Å². The van der Waals surface area contributed by atoms with Gasteiger partial charge in [-0.2, -0.15) is 13.2 Å². The first kappa shape index (κ1) is 15.9. The lowest BCUT2D eigenvalue weighted by Crippen LogP contribution is -2.23. The predicted octanol–water partition coefficient (Wildman–Crippen LogP) is 3.20. The van der Waals surface area contributed by atoms with Gasteiger partial charge in [-0.25, -0.2) is 4.79 Å². The summed E-state index contributed by atoms with van der Waals surface area (Å²) in [7, 11) is 1.41. The summed E-state index contributed by atoms with van der Waals surface area (Å²) in [5.41, 5.74) is 0.234. The normalized spacial score (nSPS) is 10.8. The Labute approximate surface area is 113 Å². The fraction of sp³-hybridized carbons (Fsp3) is 0.417. The number of amides is 1. The maximum atomic E-state index is 11.9. The zero-order chi connectivity index (χ0) is 15.2. The third kappa shape index (κ3) is 5.25. The molecule has 0 radical (unpaired) electrons. The summed E-state index contributed by atoms with van der Waals surface area (Å²) in [4.78, 5) is 11.2. The lowest BCUT2D eigenvalue weighted by Gasteiger charge is -2.12. The molecule has 0 bridgehead atoms. The van der Waals surface area contributed by atoms with Crippen LogP contribution in [0.3, 0.4) is 0 Å². The number of methoxy groups -OCH3 is 1. The van der Waals surface area contributed by atoms with Gasteiger partial charge in [0, 0.05) is 11.8 Å². The summed E-state index contributed by atoms with van der Waals surface area (Å²) in [6.45, 7) is 0.573. The predicted molar refractivity (Wildman–Crippen MR) is 65.2 cm³/mol. The highest BCUT2D eigenvalue weighted by Gasteiger charge is 2.29. The van der Waals surface area contributed by atoms with E-state index in [4.69, 9.17) is 9.47 Å². The molecule has 0 aliphatic carbocycles. The lowest BCUT2D eigenvalue weighted by molar-refractivity contribution is -0.159. The molecule has 0 heterocycles. The smallest absolute Gasteiger partial charge is 0.422 e. The third-order valence-corrected chi connectivity index (χ3v) is 2.08. The van der Waals surface area contributed by atoms with Gasteiger partial charge in [0.15, 0.2) is 18.1 Å². The fourth-order valence-electron chi connectivity index (χ4n) is 1.32. The molecule has 1 rings (SSSR count). The van der Waals surface area contributed by atoms with E-state index in [1.807, 2.05) is 0 Å². The molecule has 0 spiro atoms. The second kappa shape index (κ2) is 6.88. The maximum absolute atomic E-state index is 11.9. The highest BCUT2D eigenvalue weighted by atomic mass is 19.4. The molecule has 8 heteroatoms. The summed E-state index contributed by atoms with van der Waals surface area (Å²) < 4.78 is 49.9. The Morgan fingerprint density at radius 1 is 1.30 bits per heavy atom. The first-order chi connectivity index (χ1) is 9.35. The quantitative estimate of drug-likeness (QED) is 0.905. The van der Waals surface area contributed by atoms with Crippen molar-refractivity contribution in [2.24, 2.45) is 0 Å². The van der Waals surface area contributed by atoms with Crippen LogP contribution in [-0.2, 0) is 4.74 Å². The third-order valence-electron chi connectivity index (χ3n) is 2.08. The van der Waals surface area contributed by atoms with E-state index in [9.17, 15) is 18.0 Å². The van der Waals surface area contributed by atoms with Crippen molar-refractivity contribution in [2.45, 2.75) is 13.1 Å². The molecule has 112 valence electrons. The largest absolute Gasteiger partial charge is 0.493 e. The van der Waals surface area contributed by atoms with Gasteiger partial charge in [-0.15, -0.1) is 0 Å². The van der Waals surface area contributed by atoms with Crippen LogP contribution in [0.4, 0.5) is 23.7 Å². The summed E-state index contributed by atoms with van der Waals surface area (Å²) in [6.07, 6.45) is -5.76. The van der Waals surface area contributed by atoms with E-state index in [1.165, 1.54) is 25.3 Å². The van der Waals surface area contributed by atoms with Crippen molar-refractivity contribution in [1.82, 2.24) is 0 Å². The number of carbonyl (C=O) groups excluding carboxylic acids is 1. The summed E-state index contributed by atoms with van der Waals surface area (Å²) in [6, 6.07) is 4.41. The van der Waals surface area contributed by atoms with Crippen molar-refractivity contribution in [1.29, 1.82) is 0 Å². The van der Waals surface area contributed by atoms with E-state index in [1.54, 1.807) is 6.92 Å². The van der Waals surface area contributed by atoms with Crippen molar-refractivity contribution in [2.75, 3.05) is 25.6 Å². The molecule has 0 saturated carbocycles. The van der Waals surface area contributed by atoms with Gasteiger partial charge in [0.25, 0.3) is 0 Å². The van der Waals surface area contributed by atoms with E-state index in [2.05, 4.69) is 10.1 Å². The molecule has 0 aromatic heterocycles. The van der Waals surface area contributed by atoms with Crippen LogP contribution < -0.4 is 14.8 Å². The number of rotatable bonds is 5. The van der Waals surface area contributed by atoms with Crippen LogP contribution in [0.15, 0.2) is 18.2 Å². The van der Waals surface area contributed by atoms with Gasteiger partial charge >= 0.3 is 12.3 Å². The Balaban J connectivity index is 2.66. The van der Waals surface area contributed by atoms with Crippen molar-refractivity contribution >= 4 is 11.8 Å². The van der Waals surface area contributed by atoms with Crippen LogP contribution >= 0.6 is 0 Å². The standard InChI is InChI=1S/C12H14F3NO4/c1-3-19-9-5-4-8(6-10(9)18-2)16-11(17)20-7-12(13,14)15/h4-6H,3,7H2,1-2H3,(H,16,17). The number of benzene rings is 1. The van der Waals surface area contributed by atoms with E-state index < -0.39 is 18.9 Å². The van der Waals surface area contributed by atoms with Gasteiger partial charge in [0.1, 0.15) is 0 Å². The van der Waals surface area contributed by atoms with E-state index >= 15 is 0 Å². The van der Waals surface area contributed by atoms with Crippen LogP contribution in [0.5, 0.6) is 11.5 Å². The fourth-order valence-corrected chi connectivity index (χ4v) is 1.32. The molecule has 1 amide bonds. The van der Waals surface area contributed by atoms with E-state index in [-0.39, 0.29) is 5.69 Å². The monoisotopic (exact) mass is 293 g/mol. The lowest BCUT2D eigenvalue weighted by atomic mass is 10.3. The van der Waals surface area contributed by atoms with Gasteiger partial charge in [0.05, 0.1) is 13.7 Å². The zero-order valence-corrected chi connectivity index (χ0v) is 10.9. The minimum absolute atomic E-state index is 0.234. The van der Waals surface area contributed by atoms with Gasteiger partial charge in [0.2, 0.25) is 0 Å². The van der Waals surface area contributed by atoms with E-state index in [0.29, 0.717) is 18.1 Å². The Morgan fingerprint density at radius 3 is 2.55 bits per heavy atom. The first-order valence-corrected chi connectivity index (χ1v) is 5.67. The van der Waals surface area contributed by atoms with Crippen molar-refractivity contribution in [3.05, 3.63) is 18.2 Å². The Bertz CT molecular complexity index is 463. The maximum Gasteiger partial charge on any atom is 0.422 e. The van der Waals surface area contributed by atoms with Crippen LogP contribution in [0.25, 0.3) is 0 Å². The average molecular weight is 293 g/mol. The molecule has 0 aliphatic rings. The number of carbonyl (C=O) groups is 1. The Morgan fingerprint density at radius 2 is 2.00 bits per heavy atom. The van der Waals surface area contributed by atoms with E-state index in [0.717, 1.165) is 0 Å².